The highest BCUT2D eigenvalue weighted by molar-refractivity contribution is 7.89. The van der Waals surface area contributed by atoms with Gasteiger partial charge in [0.15, 0.2) is 0 Å². The second kappa shape index (κ2) is 6.64. The Hall–Kier alpha value is -1.31. The summed E-state index contributed by atoms with van der Waals surface area (Å²) in [5.41, 5.74) is 6.69. The average molecular weight is 313 g/mol. The lowest BCUT2D eigenvalue weighted by atomic mass is 9.99. The monoisotopic (exact) mass is 313 g/mol. The van der Waals surface area contributed by atoms with Gasteiger partial charge in [0, 0.05) is 24.8 Å². The summed E-state index contributed by atoms with van der Waals surface area (Å²) < 4.78 is 32.1. The smallest absolute Gasteiger partial charge is 0.242 e. The fourth-order valence-electron chi connectivity index (χ4n) is 2.64. The van der Waals surface area contributed by atoms with Gasteiger partial charge in [-0.2, -0.15) is 0 Å². The van der Waals surface area contributed by atoms with Crippen LogP contribution in [0.3, 0.4) is 0 Å². The van der Waals surface area contributed by atoms with Crippen molar-refractivity contribution in [3.05, 3.63) is 18.2 Å². The molecule has 1 aliphatic heterocycles. The molecule has 2 rings (SSSR count). The molecule has 1 heterocycles. The van der Waals surface area contributed by atoms with Gasteiger partial charge in [0.25, 0.3) is 0 Å². The lowest BCUT2D eigenvalue weighted by Gasteiger charge is -2.19. The van der Waals surface area contributed by atoms with E-state index < -0.39 is 10.0 Å². The lowest BCUT2D eigenvalue weighted by Crippen LogP contribution is -2.25. The molecule has 0 spiro atoms. The SMILES string of the molecule is CCC1OCCC1CNc1ccc(N)cc1S(=O)(=O)NC. The van der Waals surface area contributed by atoms with Crippen LogP contribution in [0, 0.1) is 5.92 Å². The molecule has 1 aromatic carbocycles. The Balaban J connectivity index is 2.17. The zero-order chi connectivity index (χ0) is 15.5. The number of rotatable bonds is 6. The largest absolute Gasteiger partial charge is 0.399 e. The Morgan fingerprint density at radius 1 is 1.43 bits per heavy atom. The molecule has 1 saturated heterocycles. The Kier molecular flexibility index (Phi) is 5.08. The molecule has 0 bridgehead atoms. The van der Waals surface area contributed by atoms with Crippen LogP contribution in [0.2, 0.25) is 0 Å². The molecule has 0 amide bonds. The number of benzene rings is 1. The molecule has 1 fully saturated rings. The van der Waals surface area contributed by atoms with Gasteiger partial charge in [-0.3, -0.25) is 0 Å². The fourth-order valence-corrected chi connectivity index (χ4v) is 3.58. The van der Waals surface area contributed by atoms with Gasteiger partial charge in [0.2, 0.25) is 10.0 Å². The van der Waals surface area contributed by atoms with Crippen molar-refractivity contribution in [2.75, 3.05) is 31.2 Å². The highest BCUT2D eigenvalue weighted by Gasteiger charge is 2.27. The summed E-state index contributed by atoms with van der Waals surface area (Å²) in [5.74, 6) is 0.401. The van der Waals surface area contributed by atoms with E-state index in [0.29, 0.717) is 23.8 Å². The standard InChI is InChI=1S/C14H23N3O3S/c1-3-13-10(6-7-20-13)9-17-12-5-4-11(15)8-14(12)21(18,19)16-2/h4-5,8,10,13,16-17H,3,6-7,9,15H2,1-2H3. The molecule has 2 atom stereocenters. The van der Waals surface area contributed by atoms with E-state index in [1.807, 2.05) is 0 Å². The number of nitrogens with two attached hydrogens (primary N) is 1. The number of hydrogen-bond acceptors (Lipinski definition) is 5. The van der Waals surface area contributed by atoms with E-state index in [1.165, 1.54) is 13.1 Å². The first kappa shape index (κ1) is 16.1. The maximum atomic E-state index is 12.1. The van der Waals surface area contributed by atoms with Crippen LogP contribution in [0.1, 0.15) is 19.8 Å². The fraction of sp³-hybridized carbons (Fsp3) is 0.571. The summed E-state index contributed by atoms with van der Waals surface area (Å²) in [6, 6.07) is 4.87. The zero-order valence-electron chi connectivity index (χ0n) is 12.4. The van der Waals surface area contributed by atoms with Crippen molar-refractivity contribution in [3.8, 4) is 0 Å². The van der Waals surface area contributed by atoms with Crippen molar-refractivity contribution in [3.63, 3.8) is 0 Å². The molecule has 0 aromatic heterocycles. The van der Waals surface area contributed by atoms with Gasteiger partial charge in [0.1, 0.15) is 4.90 Å². The van der Waals surface area contributed by atoms with E-state index in [1.54, 1.807) is 12.1 Å². The predicted octanol–water partition coefficient (Wildman–Crippen LogP) is 1.40. The summed E-state index contributed by atoms with van der Waals surface area (Å²) in [6.45, 7) is 3.56. The minimum atomic E-state index is -3.54. The summed E-state index contributed by atoms with van der Waals surface area (Å²) in [4.78, 5) is 0.178. The molecule has 1 aromatic rings. The molecular weight excluding hydrogens is 290 g/mol. The lowest BCUT2D eigenvalue weighted by molar-refractivity contribution is 0.0900. The van der Waals surface area contributed by atoms with Gasteiger partial charge in [0.05, 0.1) is 11.8 Å². The van der Waals surface area contributed by atoms with E-state index in [0.717, 1.165) is 19.4 Å². The number of anilines is 2. The third-order valence-electron chi connectivity index (χ3n) is 3.87. The van der Waals surface area contributed by atoms with Crippen LogP contribution >= 0.6 is 0 Å². The van der Waals surface area contributed by atoms with Gasteiger partial charge in [-0.1, -0.05) is 6.92 Å². The topological polar surface area (TPSA) is 93.4 Å². The summed E-state index contributed by atoms with van der Waals surface area (Å²) in [6.07, 6.45) is 2.21. The van der Waals surface area contributed by atoms with Gasteiger partial charge >= 0.3 is 0 Å². The third-order valence-corrected chi connectivity index (χ3v) is 5.32. The molecule has 0 radical (unpaired) electrons. The van der Waals surface area contributed by atoms with Crippen LogP contribution in [0.5, 0.6) is 0 Å². The van der Waals surface area contributed by atoms with Crippen molar-refractivity contribution >= 4 is 21.4 Å². The molecule has 1 aliphatic rings. The van der Waals surface area contributed by atoms with Crippen molar-refractivity contribution in [1.29, 1.82) is 0 Å². The van der Waals surface area contributed by atoms with Crippen LogP contribution in [-0.2, 0) is 14.8 Å². The number of sulfonamides is 1. The number of hydrogen-bond donors (Lipinski definition) is 3. The Morgan fingerprint density at radius 3 is 2.86 bits per heavy atom. The maximum Gasteiger partial charge on any atom is 0.242 e. The van der Waals surface area contributed by atoms with Gasteiger partial charge in [-0.25, -0.2) is 13.1 Å². The first-order valence-corrected chi connectivity index (χ1v) is 8.64. The van der Waals surface area contributed by atoms with Crippen molar-refractivity contribution < 1.29 is 13.2 Å². The zero-order valence-corrected chi connectivity index (χ0v) is 13.2. The number of nitrogens with one attached hydrogen (secondary N) is 2. The van der Waals surface area contributed by atoms with Crippen molar-refractivity contribution in [2.24, 2.45) is 5.92 Å². The highest BCUT2D eigenvalue weighted by atomic mass is 32.2. The molecule has 2 unspecified atom stereocenters. The highest BCUT2D eigenvalue weighted by Crippen LogP contribution is 2.27. The van der Waals surface area contributed by atoms with Gasteiger partial charge in [-0.05, 0) is 38.1 Å². The van der Waals surface area contributed by atoms with Crippen LogP contribution in [0.15, 0.2) is 23.1 Å². The molecule has 7 heteroatoms. The maximum absolute atomic E-state index is 12.1. The number of ether oxygens (including phenoxy) is 1. The van der Waals surface area contributed by atoms with Gasteiger partial charge < -0.3 is 15.8 Å². The quantitative estimate of drug-likeness (QED) is 0.690. The van der Waals surface area contributed by atoms with E-state index in [-0.39, 0.29) is 11.0 Å². The third kappa shape index (κ3) is 3.66. The van der Waals surface area contributed by atoms with Crippen molar-refractivity contribution in [1.82, 2.24) is 4.72 Å². The molecule has 118 valence electrons. The Bertz CT molecular complexity index is 589. The van der Waals surface area contributed by atoms with Crippen LogP contribution in [0.4, 0.5) is 11.4 Å². The molecule has 4 N–H and O–H groups in total. The molecule has 6 nitrogen and oxygen atoms in total. The molecule has 0 saturated carbocycles. The van der Waals surface area contributed by atoms with Gasteiger partial charge in [-0.15, -0.1) is 0 Å². The minimum Gasteiger partial charge on any atom is -0.399 e. The first-order chi connectivity index (χ1) is 9.97. The van der Waals surface area contributed by atoms with Crippen LogP contribution in [-0.4, -0.2) is 34.7 Å². The normalized spacial score (nSPS) is 22.4. The second-order valence-corrected chi connectivity index (χ2v) is 7.07. The van der Waals surface area contributed by atoms with E-state index in [2.05, 4.69) is 17.0 Å². The molecule has 0 aliphatic carbocycles. The van der Waals surface area contributed by atoms with E-state index in [4.69, 9.17) is 10.5 Å². The minimum absolute atomic E-state index is 0.178. The number of nitrogen functional groups attached to an aromatic ring is 1. The summed E-state index contributed by atoms with van der Waals surface area (Å²) in [5, 5.41) is 3.23. The van der Waals surface area contributed by atoms with E-state index >= 15 is 0 Å². The van der Waals surface area contributed by atoms with Crippen LogP contribution in [0.25, 0.3) is 0 Å². The molecular formula is C14H23N3O3S. The predicted molar refractivity (Wildman–Crippen MR) is 83.7 cm³/mol. The Morgan fingerprint density at radius 2 is 2.19 bits per heavy atom. The van der Waals surface area contributed by atoms with Crippen LogP contribution < -0.4 is 15.8 Å². The Labute approximate surface area is 126 Å². The summed E-state index contributed by atoms with van der Waals surface area (Å²) >= 11 is 0. The average Bonchev–Trinajstić information content (AvgIpc) is 2.93. The van der Waals surface area contributed by atoms with Crippen molar-refractivity contribution in [2.45, 2.75) is 30.8 Å². The van der Waals surface area contributed by atoms with E-state index in [9.17, 15) is 8.42 Å². The second-order valence-electron chi connectivity index (χ2n) is 5.21. The summed E-state index contributed by atoms with van der Waals surface area (Å²) in [7, 11) is -2.15. The first-order valence-electron chi connectivity index (χ1n) is 7.16. The molecule has 21 heavy (non-hydrogen) atoms.